The van der Waals surface area contributed by atoms with Crippen molar-refractivity contribution < 1.29 is 0 Å². The van der Waals surface area contributed by atoms with Crippen LogP contribution in [0.15, 0.2) is 18.2 Å². The number of nitrogens with one attached hydrogen (secondary N) is 1. The standard InChI is InChI=1S/C11H14Cl2N2/c12-10-5-4-9(8-11(10)13)14-15-6-2-1-3-7-15/h4-5,8,14H,1-3,6-7H2. The zero-order chi connectivity index (χ0) is 10.7. The number of nitrogens with zero attached hydrogens (tertiary/aromatic N) is 1. The molecular formula is C11H14Cl2N2. The van der Waals surface area contributed by atoms with Gasteiger partial charge in [0.05, 0.1) is 15.7 Å². The fraction of sp³-hybridized carbons (Fsp3) is 0.455. The highest BCUT2D eigenvalue weighted by Crippen LogP contribution is 2.25. The topological polar surface area (TPSA) is 15.3 Å². The molecular weight excluding hydrogens is 231 g/mol. The summed E-state index contributed by atoms with van der Waals surface area (Å²) in [6, 6.07) is 5.62. The first-order chi connectivity index (χ1) is 7.25. The number of anilines is 1. The molecule has 0 spiro atoms. The van der Waals surface area contributed by atoms with Crippen molar-refractivity contribution in [2.24, 2.45) is 0 Å². The molecule has 15 heavy (non-hydrogen) atoms. The van der Waals surface area contributed by atoms with E-state index in [1.165, 1.54) is 19.3 Å². The normalized spacial score (nSPS) is 17.7. The predicted octanol–water partition coefficient (Wildman–Crippen LogP) is 3.81. The van der Waals surface area contributed by atoms with Crippen molar-refractivity contribution in [2.45, 2.75) is 19.3 Å². The third kappa shape index (κ3) is 3.00. The molecule has 4 heteroatoms. The fourth-order valence-electron chi connectivity index (χ4n) is 1.75. The van der Waals surface area contributed by atoms with E-state index in [-0.39, 0.29) is 0 Å². The maximum Gasteiger partial charge on any atom is 0.0613 e. The van der Waals surface area contributed by atoms with Gasteiger partial charge in [0.15, 0.2) is 0 Å². The average Bonchev–Trinajstić information content (AvgIpc) is 2.25. The van der Waals surface area contributed by atoms with Crippen LogP contribution in [-0.4, -0.2) is 18.1 Å². The number of hydrazine groups is 1. The number of benzene rings is 1. The van der Waals surface area contributed by atoms with Gasteiger partial charge in [0, 0.05) is 13.1 Å². The van der Waals surface area contributed by atoms with E-state index in [0.29, 0.717) is 10.0 Å². The summed E-state index contributed by atoms with van der Waals surface area (Å²) in [4.78, 5) is 0. The number of hydrogen-bond donors (Lipinski definition) is 1. The molecule has 0 aromatic heterocycles. The van der Waals surface area contributed by atoms with Crippen molar-refractivity contribution in [3.63, 3.8) is 0 Å². The second-order valence-electron chi connectivity index (χ2n) is 3.79. The van der Waals surface area contributed by atoms with Crippen LogP contribution < -0.4 is 5.43 Å². The molecule has 0 aliphatic carbocycles. The Morgan fingerprint density at radius 3 is 2.40 bits per heavy atom. The first kappa shape index (κ1) is 11.1. The Labute approximate surface area is 100 Å². The second kappa shape index (κ2) is 5.06. The Morgan fingerprint density at radius 1 is 1.00 bits per heavy atom. The maximum atomic E-state index is 5.94. The minimum absolute atomic E-state index is 0.596. The molecule has 1 aliphatic heterocycles. The summed E-state index contributed by atoms with van der Waals surface area (Å²) in [6.45, 7) is 2.19. The van der Waals surface area contributed by atoms with E-state index in [9.17, 15) is 0 Å². The van der Waals surface area contributed by atoms with E-state index in [4.69, 9.17) is 23.2 Å². The first-order valence-corrected chi connectivity index (χ1v) is 5.98. The second-order valence-corrected chi connectivity index (χ2v) is 4.60. The Morgan fingerprint density at radius 2 is 1.73 bits per heavy atom. The molecule has 0 saturated carbocycles. The minimum Gasteiger partial charge on any atom is -0.319 e. The van der Waals surface area contributed by atoms with Crippen LogP contribution in [0, 0.1) is 0 Å². The number of rotatable bonds is 2. The number of piperidine rings is 1. The molecule has 0 atom stereocenters. The van der Waals surface area contributed by atoms with Crippen molar-refractivity contribution in [1.82, 2.24) is 5.01 Å². The van der Waals surface area contributed by atoms with Gasteiger partial charge in [-0.1, -0.05) is 29.6 Å². The van der Waals surface area contributed by atoms with E-state index in [1.54, 1.807) is 0 Å². The van der Waals surface area contributed by atoms with Gasteiger partial charge in [-0.05, 0) is 31.0 Å². The van der Waals surface area contributed by atoms with E-state index < -0.39 is 0 Å². The SMILES string of the molecule is Clc1ccc(NN2CCCCC2)cc1Cl. The Bertz CT molecular complexity index is 335. The number of halogens is 2. The summed E-state index contributed by atoms with van der Waals surface area (Å²) in [5.74, 6) is 0. The molecule has 0 bridgehead atoms. The van der Waals surface area contributed by atoms with E-state index in [0.717, 1.165) is 18.8 Å². The molecule has 2 nitrogen and oxygen atoms in total. The van der Waals surface area contributed by atoms with Gasteiger partial charge >= 0.3 is 0 Å². The summed E-state index contributed by atoms with van der Waals surface area (Å²) in [5, 5.41) is 3.42. The van der Waals surface area contributed by atoms with Gasteiger partial charge in [-0.2, -0.15) is 0 Å². The highest BCUT2D eigenvalue weighted by molar-refractivity contribution is 6.42. The van der Waals surface area contributed by atoms with Gasteiger partial charge in [-0.25, -0.2) is 5.01 Å². The van der Waals surface area contributed by atoms with E-state index >= 15 is 0 Å². The smallest absolute Gasteiger partial charge is 0.0613 e. The molecule has 1 N–H and O–H groups in total. The third-order valence-electron chi connectivity index (χ3n) is 2.56. The average molecular weight is 245 g/mol. The lowest BCUT2D eigenvalue weighted by atomic mass is 10.2. The maximum absolute atomic E-state index is 5.94. The highest BCUT2D eigenvalue weighted by atomic mass is 35.5. The summed E-state index contributed by atoms with van der Waals surface area (Å²) in [5.41, 5.74) is 4.34. The van der Waals surface area contributed by atoms with Crippen LogP contribution in [0.5, 0.6) is 0 Å². The highest BCUT2D eigenvalue weighted by Gasteiger charge is 2.09. The van der Waals surface area contributed by atoms with Gasteiger partial charge in [0.25, 0.3) is 0 Å². The molecule has 0 amide bonds. The lowest BCUT2D eigenvalue weighted by molar-refractivity contribution is 0.273. The van der Waals surface area contributed by atoms with Crippen molar-refractivity contribution in [3.8, 4) is 0 Å². The van der Waals surface area contributed by atoms with Crippen molar-refractivity contribution >= 4 is 28.9 Å². The van der Waals surface area contributed by atoms with Crippen molar-refractivity contribution in [3.05, 3.63) is 28.2 Å². The predicted molar refractivity (Wildman–Crippen MR) is 65.5 cm³/mol. The van der Waals surface area contributed by atoms with E-state index in [2.05, 4.69) is 10.4 Å². The van der Waals surface area contributed by atoms with Gasteiger partial charge in [0.2, 0.25) is 0 Å². The third-order valence-corrected chi connectivity index (χ3v) is 3.30. The van der Waals surface area contributed by atoms with Crippen LogP contribution in [0.25, 0.3) is 0 Å². The van der Waals surface area contributed by atoms with Crippen LogP contribution in [0.2, 0.25) is 10.0 Å². The molecule has 1 aromatic carbocycles. The van der Waals surface area contributed by atoms with Crippen LogP contribution in [0.4, 0.5) is 5.69 Å². The quantitative estimate of drug-likeness (QED) is 0.852. The lowest BCUT2D eigenvalue weighted by Gasteiger charge is -2.27. The molecule has 2 rings (SSSR count). The Balaban J connectivity index is 2.00. The Kier molecular flexibility index (Phi) is 3.73. The van der Waals surface area contributed by atoms with Gasteiger partial charge in [-0.3, -0.25) is 0 Å². The van der Waals surface area contributed by atoms with Gasteiger partial charge < -0.3 is 5.43 Å². The monoisotopic (exact) mass is 244 g/mol. The minimum atomic E-state index is 0.596. The summed E-state index contributed by atoms with van der Waals surface area (Å²) in [7, 11) is 0. The van der Waals surface area contributed by atoms with E-state index in [1.807, 2.05) is 18.2 Å². The summed E-state index contributed by atoms with van der Waals surface area (Å²) in [6.07, 6.45) is 3.85. The van der Waals surface area contributed by atoms with Crippen LogP contribution >= 0.6 is 23.2 Å². The zero-order valence-corrected chi connectivity index (χ0v) is 9.98. The fourth-order valence-corrected chi connectivity index (χ4v) is 2.05. The summed E-state index contributed by atoms with van der Waals surface area (Å²) >= 11 is 11.8. The lowest BCUT2D eigenvalue weighted by Crippen LogP contribution is -2.34. The zero-order valence-electron chi connectivity index (χ0n) is 8.47. The summed E-state index contributed by atoms with van der Waals surface area (Å²) < 4.78 is 0. The largest absolute Gasteiger partial charge is 0.319 e. The molecule has 82 valence electrons. The first-order valence-electron chi connectivity index (χ1n) is 5.22. The van der Waals surface area contributed by atoms with Crippen LogP contribution in [-0.2, 0) is 0 Å². The molecule has 1 heterocycles. The number of hydrogen-bond acceptors (Lipinski definition) is 2. The van der Waals surface area contributed by atoms with Crippen molar-refractivity contribution in [1.29, 1.82) is 0 Å². The van der Waals surface area contributed by atoms with Gasteiger partial charge in [0.1, 0.15) is 0 Å². The van der Waals surface area contributed by atoms with Crippen LogP contribution in [0.3, 0.4) is 0 Å². The molecule has 0 unspecified atom stereocenters. The molecule has 1 aliphatic rings. The Hall–Kier alpha value is -0.440. The molecule has 1 fully saturated rings. The van der Waals surface area contributed by atoms with Crippen LogP contribution in [0.1, 0.15) is 19.3 Å². The molecule has 0 radical (unpaired) electrons. The van der Waals surface area contributed by atoms with Gasteiger partial charge in [-0.15, -0.1) is 0 Å². The molecule has 1 aromatic rings. The molecule has 1 saturated heterocycles. The van der Waals surface area contributed by atoms with Crippen molar-refractivity contribution in [2.75, 3.05) is 18.5 Å².